The van der Waals surface area contributed by atoms with E-state index in [1.807, 2.05) is 48.0 Å². The number of carbonyl (C=O) groups is 2. The smallest absolute Gasteiger partial charge is 0.258 e. The van der Waals surface area contributed by atoms with Gasteiger partial charge >= 0.3 is 0 Å². The average molecular weight is 602 g/mol. The van der Waals surface area contributed by atoms with Crippen molar-refractivity contribution < 1.29 is 19.1 Å². The van der Waals surface area contributed by atoms with Crippen LogP contribution < -0.4 is 10.6 Å². The molecule has 2 aliphatic carbocycles. The van der Waals surface area contributed by atoms with Crippen LogP contribution in [-0.4, -0.2) is 43.2 Å². The van der Waals surface area contributed by atoms with Gasteiger partial charge in [0.1, 0.15) is 11.6 Å². The number of aryl methyl sites for hydroxylation is 1. The molecule has 2 fully saturated rings. The Balaban J connectivity index is 1.24. The molecule has 2 aliphatic rings. The summed E-state index contributed by atoms with van der Waals surface area (Å²) in [6, 6.07) is 15.3. The van der Waals surface area contributed by atoms with Crippen LogP contribution in [0.1, 0.15) is 43.9 Å². The molecule has 43 heavy (non-hydrogen) atoms. The number of nitrogens with one attached hydrogen (secondary N) is 2. The first kappa shape index (κ1) is 29.0. The number of benzene rings is 2. The lowest BCUT2D eigenvalue weighted by molar-refractivity contribution is -0.131. The number of imidazole rings is 1. The third-order valence-electron chi connectivity index (χ3n) is 8.44. The Kier molecular flexibility index (Phi) is 7.56. The Morgan fingerprint density at radius 2 is 1.81 bits per heavy atom. The first-order valence-corrected chi connectivity index (χ1v) is 14.8. The van der Waals surface area contributed by atoms with Gasteiger partial charge in [-0.3, -0.25) is 14.6 Å². The van der Waals surface area contributed by atoms with E-state index in [9.17, 15) is 19.1 Å². The van der Waals surface area contributed by atoms with Crippen molar-refractivity contribution in [1.82, 2.24) is 19.9 Å². The third-order valence-corrected chi connectivity index (χ3v) is 8.81. The maximum absolute atomic E-state index is 14.7. The predicted molar refractivity (Wildman–Crippen MR) is 163 cm³/mol. The van der Waals surface area contributed by atoms with Gasteiger partial charge in [0.05, 0.1) is 23.9 Å². The van der Waals surface area contributed by atoms with E-state index in [0.29, 0.717) is 22.0 Å². The minimum absolute atomic E-state index is 0.0468. The Morgan fingerprint density at radius 1 is 1.12 bits per heavy atom. The van der Waals surface area contributed by atoms with E-state index in [1.54, 1.807) is 43.8 Å². The van der Waals surface area contributed by atoms with Crippen molar-refractivity contribution in [2.45, 2.75) is 56.3 Å². The summed E-state index contributed by atoms with van der Waals surface area (Å²) >= 11 is 6.59. The SMILES string of the molecule is Cn1cncc1-c1ccc(NC(=O)[C@H](Cc2cc(-c3ccnc(C(C)(O)C4CC4)c3)ccc2Cl)NC(=O)C2(F)CC2)cc1. The number of aliphatic hydroxyl groups is 1. The fourth-order valence-electron chi connectivity index (χ4n) is 5.29. The minimum atomic E-state index is -1.94. The van der Waals surface area contributed by atoms with Gasteiger partial charge in [0.15, 0.2) is 5.67 Å². The number of nitrogens with zero attached hydrogens (tertiary/aromatic N) is 3. The zero-order valence-corrected chi connectivity index (χ0v) is 24.7. The summed E-state index contributed by atoms with van der Waals surface area (Å²) in [4.78, 5) is 34.8. The highest BCUT2D eigenvalue weighted by molar-refractivity contribution is 6.31. The molecular weight excluding hydrogens is 569 g/mol. The van der Waals surface area contributed by atoms with Crippen molar-refractivity contribution in [2.75, 3.05) is 5.32 Å². The lowest BCUT2D eigenvalue weighted by atomic mass is 9.92. The van der Waals surface area contributed by atoms with Crippen LogP contribution in [0.3, 0.4) is 0 Å². The molecule has 0 saturated heterocycles. The second-order valence-electron chi connectivity index (χ2n) is 11.8. The van der Waals surface area contributed by atoms with Crippen LogP contribution in [0.4, 0.5) is 10.1 Å². The van der Waals surface area contributed by atoms with Gasteiger partial charge in [0.25, 0.3) is 5.91 Å². The summed E-state index contributed by atoms with van der Waals surface area (Å²) in [5.74, 6) is -1.10. The molecule has 8 nitrogen and oxygen atoms in total. The van der Waals surface area contributed by atoms with Crippen LogP contribution in [0, 0.1) is 5.92 Å². The molecule has 2 atom stereocenters. The molecule has 0 spiro atoms. The van der Waals surface area contributed by atoms with Gasteiger partial charge in [0.2, 0.25) is 5.91 Å². The van der Waals surface area contributed by atoms with Crippen LogP contribution in [0.25, 0.3) is 22.4 Å². The van der Waals surface area contributed by atoms with Crippen molar-refractivity contribution in [3.8, 4) is 22.4 Å². The highest BCUT2D eigenvalue weighted by atomic mass is 35.5. The molecule has 2 aromatic heterocycles. The molecule has 1 unspecified atom stereocenters. The highest BCUT2D eigenvalue weighted by Crippen LogP contribution is 2.45. The highest BCUT2D eigenvalue weighted by Gasteiger charge is 2.51. The van der Waals surface area contributed by atoms with Gasteiger partial charge in [-0.25, -0.2) is 9.37 Å². The number of hydrogen-bond acceptors (Lipinski definition) is 5. The second kappa shape index (κ2) is 11.2. The Bertz CT molecular complexity index is 1680. The molecule has 4 aromatic rings. The second-order valence-corrected chi connectivity index (χ2v) is 12.2. The van der Waals surface area contributed by atoms with Gasteiger partial charge in [-0.05, 0) is 97.2 Å². The van der Waals surface area contributed by atoms with E-state index >= 15 is 0 Å². The number of anilines is 1. The summed E-state index contributed by atoms with van der Waals surface area (Å²) in [6.07, 6.45) is 7.38. The number of amides is 2. The van der Waals surface area contributed by atoms with Crippen molar-refractivity contribution in [2.24, 2.45) is 13.0 Å². The zero-order chi connectivity index (χ0) is 30.4. The average Bonchev–Trinajstić information content (AvgIpc) is 3.93. The molecule has 2 saturated carbocycles. The Labute approximate surface area is 254 Å². The molecule has 0 bridgehead atoms. The Morgan fingerprint density at radius 3 is 2.47 bits per heavy atom. The lowest BCUT2D eigenvalue weighted by Crippen LogP contribution is -2.48. The first-order valence-electron chi connectivity index (χ1n) is 14.4. The van der Waals surface area contributed by atoms with Crippen LogP contribution >= 0.6 is 11.6 Å². The van der Waals surface area contributed by atoms with E-state index in [2.05, 4.69) is 20.6 Å². The molecule has 0 aliphatic heterocycles. The zero-order valence-electron chi connectivity index (χ0n) is 24.0. The van der Waals surface area contributed by atoms with Crippen LogP contribution in [0.15, 0.2) is 73.3 Å². The van der Waals surface area contributed by atoms with Crippen molar-refractivity contribution >= 4 is 29.1 Å². The van der Waals surface area contributed by atoms with Crippen molar-refractivity contribution in [1.29, 1.82) is 0 Å². The van der Waals surface area contributed by atoms with Gasteiger partial charge < -0.3 is 20.3 Å². The fraction of sp³-hybridized carbons (Fsp3) is 0.333. The number of alkyl halides is 1. The molecular formula is C33H33ClFN5O3. The Hall–Kier alpha value is -4.08. The monoisotopic (exact) mass is 601 g/mol. The standard InChI is InChI=1S/C33H33ClFN5O3/c1-32(43,24-6-7-24)29-17-22(11-14-37-29)21-5-10-26(34)23(15-21)16-27(39-31(42)33(35)12-13-33)30(41)38-25-8-3-20(4-9-25)28-18-36-19-40(28)2/h3-5,8-11,14-15,17-19,24,27,43H,6-7,12-13,16H2,1-2H3,(H,38,41)(H,39,42)/t27-,32?/m0/s1. The van der Waals surface area contributed by atoms with Crippen molar-refractivity contribution in [3.05, 3.63) is 89.6 Å². The number of rotatable bonds is 10. The van der Waals surface area contributed by atoms with E-state index in [0.717, 1.165) is 35.2 Å². The molecule has 0 radical (unpaired) electrons. The van der Waals surface area contributed by atoms with Gasteiger partial charge in [-0.1, -0.05) is 29.8 Å². The molecule has 222 valence electrons. The summed E-state index contributed by atoms with van der Waals surface area (Å²) in [7, 11) is 1.90. The van der Waals surface area contributed by atoms with Gasteiger partial charge in [0, 0.05) is 30.4 Å². The molecule has 3 N–H and O–H groups in total. The number of halogens is 2. The van der Waals surface area contributed by atoms with Crippen LogP contribution in [0.2, 0.25) is 5.02 Å². The fourth-order valence-corrected chi connectivity index (χ4v) is 5.49. The van der Waals surface area contributed by atoms with E-state index in [4.69, 9.17) is 11.6 Å². The molecule has 2 heterocycles. The summed E-state index contributed by atoms with van der Waals surface area (Å²) in [5.41, 5.74) is 2.29. The number of carbonyl (C=O) groups excluding carboxylic acids is 2. The van der Waals surface area contributed by atoms with Crippen molar-refractivity contribution in [3.63, 3.8) is 0 Å². The normalized spacial score (nSPS) is 17.5. The van der Waals surface area contributed by atoms with Gasteiger partial charge in [-0.2, -0.15) is 0 Å². The molecule has 2 aromatic carbocycles. The molecule has 6 rings (SSSR count). The maximum Gasteiger partial charge on any atom is 0.258 e. The maximum atomic E-state index is 14.7. The summed E-state index contributed by atoms with van der Waals surface area (Å²) < 4.78 is 16.5. The largest absolute Gasteiger partial charge is 0.384 e. The quantitative estimate of drug-likeness (QED) is 0.220. The van der Waals surface area contributed by atoms with Crippen LogP contribution in [-0.2, 0) is 28.7 Å². The number of hydrogen-bond donors (Lipinski definition) is 3. The topological polar surface area (TPSA) is 109 Å². The number of aromatic nitrogens is 3. The van der Waals surface area contributed by atoms with E-state index in [1.165, 1.54) is 0 Å². The predicted octanol–water partition coefficient (Wildman–Crippen LogP) is 5.59. The van der Waals surface area contributed by atoms with E-state index in [-0.39, 0.29) is 25.2 Å². The summed E-state index contributed by atoms with van der Waals surface area (Å²) in [6.45, 7) is 1.79. The number of pyridine rings is 1. The van der Waals surface area contributed by atoms with Crippen LogP contribution in [0.5, 0.6) is 0 Å². The lowest BCUT2D eigenvalue weighted by Gasteiger charge is -2.23. The summed E-state index contributed by atoms with van der Waals surface area (Å²) in [5, 5.41) is 16.9. The molecule has 2 amide bonds. The third kappa shape index (κ3) is 6.19. The molecule has 10 heteroatoms. The van der Waals surface area contributed by atoms with E-state index < -0.39 is 29.1 Å². The van der Waals surface area contributed by atoms with Gasteiger partial charge in [-0.15, -0.1) is 0 Å². The minimum Gasteiger partial charge on any atom is -0.384 e. The first-order chi connectivity index (χ1) is 20.5.